The molecule has 0 radical (unpaired) electrons. The lowest BCUT2D eigenvalue weighted by Gasteiger charge is -2.23. The largest absolute Gasteiger partial charge is 0.298 e. The van der Waals surface area contributed by atoms with E-state index in [9.17, 15) is 9.18 Å². The van der Waals surface area contributed by atoms with Crippen molar-refractivity contribution in [2.75, 3.05) is 18.4 Å². The number of likely N-dealkylation sites (N-methyl/N-ethyl adjacent to an activating group) is 1. The number of hydrogen-bond acceptors (Lipinski definition) is 5. The number of nitrogens with zero attached hydrogens (tertiary/aromatic N) is 4. The molecule has 6 nitrogen and oxygen atoms in total. The van der Waals surface area contributed by atoms with Crippen molar-refractivity contribution in [3.8, 4) is 5.69 Å². The molecule has 29 heavy (non-hydrogen) atoms. The molecule has 0 aliphatic carbocycles. The van der Waals surface area contributed by atoms with E-state index in [1.807, 2.05) is 13.8 Å². The highest BCUT2D eigenvalue weighted by Crippen LogP contribution is 2.29. The second kappa shape index (κ2) is 8.04. The van der Waals surface area contributed by atoms with E-state index in [2.05, 4.69) is 27.2 Å². The summed E-state index contributed by atoms with van der Waals surface area (Å²) in [5.41, 5.74) is 3.10. The van der Waals surface area contributed by atoms with Crippen LogP contribution in [0.4, 0.5) is 9.52 Å². The first-order valence-electron chi connectivity index (χ1n) is 9.82. The molecule has 0 bridgehead atoms. The maximum Gasteiger partial charge on any atom is 0.260 e. The Morgan fingerprint density at radius 2 is 2.07 bits per heavy atom. The van der Waals surface area contributed by atoms with Crippen LogP contribution in [0.1, 0.15) is 53.3 Å². The molecule has 1 aliphatic rings. The van der Waals surface area contributed by atoms with Gasteiger partial charge in [0.25, 0.3) is 5.91 Å². The number of benzene rings is 1. The molecule has 3 aromatic rings. The van der Waals surface area contributed by atoms with Gasteiger partial charge in [0.05, 0.1) is 28.8 Å². The Kier molecular flexibility index (Phi) is 5.47. The van der Waals surface area contributed by atoms with E-state index in [-0.39, 0.29) is 17.6 Å². The van der Waals surface area contributed by atoms with Crippen LogP contribution in [-0.2, 0) is 13.0 Å². The van der Waals surface area contributed by atoms with E-state index >= 15 is 0 Å². The number of carbonyl (C=O) groups excluding carboxylic acids is 1. The summed E-state index contributed by atoms with van der Waals surface area (Å²) in [7, 11) is 0. The molecule has 3 heterocycles. The summed E-state index contributed by atoms with van der Waals surface area (Å²) in [4.78, 5) is 21.2. The molecule has 0 fully saturated rings. The van der Waals surface area contributed by atoms with Gasteiger partial charge in [-0.3, -0.25) is 15.0 Å². The monoisotopic (exact) mass is 413 g/mol. The number of halogens is 1. The van der Waals surface area contributed by atoms with Gasteiger partial charge in [-0.15, -0.1) is 11.3 Å². The number of thiazole rings is 1. The lowest BCUT2D eigenvalue weighted by atomic mass is 10.1. The van der Waals surface area contributed by atoms with E-state index in [0.717, 1.165) is 43.1 Å². The van der Waals surface area contributed by atoms with Crippen molar-refractivity contribution in [1.29, 1.82) is 0 Å². The van der Waals surface area contributed by atoms with Crippen molar-refractivity contribution in [2.45, 2.75) is 39.7 Å². The van der Waals surface area contributed by atoms with Gasteiger partial charge in [0, 0.05) is 24.4 Å². The Morgan fingerprint density at radius 1 is 1.31 bits per heavy atom. The van der Waals surface area contributed by atoms with Crippen LogP contribution in [-0.4, -0.2) is 38.7 Å². The molecule has 1 N–H and O–H groups in total. The molecule has 152 valence electrons. The number of rotatable bonds is 5. The zero-order valence-corrected chi connectivity index (χ0v) is 17.6. The van der Waals surface area contributed by atoms with Gasteiger partial charge in [-0.25, -0.2) is 14.1 Å². The van der Waals surface area contributed by atoms with Gasteiger partial charge in [-0.2, -0.15) is 5.10 Å². The van der Waals surface area contributed by atoms with Crippen LogP contribution in [0.5, 0.6) is 0 Å². The van der Waals surface area contributed by atoms with Gasteiger partial charge in [0.15, 0.2) is 5.13 Å². The summed E-state index contributed by atoms with van der Waals surface area (Å²) in [6.07, 6.45) is 2.48. The van der Waals surface area contributed by atoms with Crippen molar-refractivity contribution in [3.63, 3.8) is 0 Å². The lowest BCUT2D eigenvalue weighted by molar-refractivity contribution is 0.102. The molecule has 8 heteroatoms. The van der Waals surface area contributed by atoms with Gasteiger partial charge in [0.1, 0.15) is 5.82 Å². The lowest BCUT2D eigenvalue weighted by Crippen LogP contribution is -2.29. The van der Waals surface area contributed by atoms with Crippen molar-refractivity contribution in [2.24, 2.45) is 0 Å². The van der Waals surface area contributed by atoms with Gasteiger partial charge < -0.3 is 0 Å². The highest BCUT2D eigenvalue weighted by molar-refractivity contribution is 7.15. The summed E-state index contributed by atoms with van der Waals surface area (Å²) in [5, 5.41) is 7.98. The van der Waals surface area contributed by atoms with E-state index in [4.69, 9.17) is 0 Å². The fourth-order valence-corrected chi connectivity index (χ4v) is 4.66. The van der Waals surface area contributed by atoms with E-state index in [1.165, 1.54) is 17.0 Å². The number of aromatic nitrogens is 3. The molecular formula is C21H24FN5OS. The van der Waals surface area contributed by atoms with Gasteiger partial charge in [-0.05, 0) is 36.7 Å². The minimum absolute atomic E-state index is 0.0610. The Labute approximate surface area is 173 Å². The molecule has 0 saturated heterocycles. The third-order valence-electron chi connectivity index (χ3n) is 5.15. The fourth-order valence-electron chi connectivity index (χ4n) is 3.61. The Hall–Kier alpha value is -2.58. The van der Waals surface area contributed by atoms with E-state index in [1.54, 1.807) is 34.3 Å². The average molecular weight is 414 g/mol. The Balaban J connectivity index is 1.59. The molecule has 1 aromatic carbocycles. The van der Waals surface area contributed by atoms with Crippen LogP contribution in [0.25, 0.3) is 5.69 Å². The topological polar surface area (TPSA) is 63.1 Å². The smallest absolute Gasteiger partial charge is 0.260 e. The minimum Gasteiger partial charge on any atom is -0.298 e. The van der Waals surface area contributed by atoms with Crippen molar-refractivity contribution < 1.29 is 9.18 Å². The number of fused-ring (bicyclic) bond motifs is 1. The predicted octanol–water partition coefficient (Wildman–Crippen LogP) is 4.22. The van der Waals surface area contributed by atoms with Crippen LogP contribution in [0.2, 0.25) is 0 Å². The number of carbonyl (C=O) groups is 1. The third-order valence-corrected chi connectivity index (χ3v) is 6.14. The standard InChI is InChI=1S/C21H24FN5OS/c1-4-26-10-9-17-18(12-26)29-21(24-17)25-20(28)16-11-23-27(19(16)13(2)3)15-7-5-14(22)6-8-15/h5-8,11,13H,4,9-10,12H2,1-3H3,(H,24,25,28). The quantitative estimate of drug-likeness (QED) is 0.680. The third kappa shape index (κ3) is 3.95. The highest BCUT2D eigenvalue weighted by Gasteiger charge is 2.24. The first-order chi connectivity index (χ1) is 14.0. The number of anilines is 1. The normalized spacial score (nSPS) is 14.2. The molecular weight excluding hydrogens is 389 g/mol. The highest BCUT2D eigenvalue weighted by atomic mass is 32.1. The SMILES string of the molecule is CCN1CCc2nc(NC(=O)c3cnn(-c4ccc(F)cc4)c3C(C)C)sc2C1. The molecule has 1 amide bonds. The predicted molar refractivity (Wildman–Crippen MR) is 112 cm³/mol. The van der Waals surface area contributed by atoms with Crippen LogP contribution in [0, 0.1) is 5.82 Å². The maximum atomic E-state index is 13.3. The molecule has 4 rings (SSSR count). The summed E-state index contributed by atoms with van der Waals surface area (Å²) >= 11 is 1.54. The van der Waals surface area contributed by atoms with Crippen molar-refractivity contribution >= 4 is 22.4 Å². The molecule has 0 saturated carbocycles. The van der Waals surface area contributed by atoms with Crippen LogP contribution >= 0.6 is 11.3 Å². The maximum absolute atomic E-state index is 13.3. The molecule has 0 unspecified atom stereocenters. The van der Waals surface area contributed by atoms with Crippen molar-refractivity contribution in [1.82, 2.24) is 19.7 Å². The number of nitrogens with one attached hydrogen (secondary N) is 1. The fraction of sp³-hybridized carbons (Fsp3) is 0.381. The Morgan fingerprint density at radius 3 is 2.76 bits per heavy atom. The molecule has 0 atom stereocenters. The van der Waals surface area contributed by atoms with Crippen LogP contribution in [0.15, 0.2) is 30.5 Å². The molecule has 1 aliphatic heterocycles. The summed E-state index contributed by atoms with van der Waals surface area (Å²) < 4.78 is 15.0. The number of amides is 1. The summed E-state index contributed by atoms with van der Waals surface area (Å²) in [6, 6.07) is 6.09. The van der Waals surface area contributed by atoms with Gasteiger partial charge >= 0.3 is 0 Å². The average Bonchev–Trinajstić information content (AvgIpc) is 3.31. The molecule has 0 spiro atoms. The zero-order valence-electron chi connectivity index (χ0n) is 16.8. The van der Waals surface area contributed by atoms with Crippen molar-refractivity contribution in [3.05, 3.63) is 58.1 Å². The van der Waals surface area contributed by atoms with Gasteiger partial charge in [-0.1, -0.05) is 20.8 Å². The summed E-state index contributed by atoms with van der Waals surface area (Å²) in [6.45, 7) is 9.08. The first kappa shape index (κ1) is 19.7. The molecule has 2 aromatic heterocycles. The van der Waals surface area contributed by atoms with Gasteiger partial charge in [0.2, 0.25) is 0 Å². The Bertz CT molecular complexity index is 1020. The van der Waals surface area contributed by atoms with E-state index in [0.29, 0.717) is 10.7 Å². The van der Waals surface area contributed by atoms with E-state index < -0.39 is 0 Å². The van der Waals surface area contributed by atoms with Crippen LogP contribution < -0.4 is 5.32 Å². The second-order valence-electron chi connectivity index (χ2n) is 7.45. The minimum atomic E-state index is -0.306. The summed E-state index contributed by atoms with van der Waals surface area (Å²) in [5.74, 6) is -0.467. The first-order valence-corrected chi connectivity index (χ1v) is 10.6. The number of hydrogen-bond donors (Lipinski definition) is 1. The second-order valence-corrected chi connectivity index (χ2v) is 8.53. The zero-order chi connectivity index (χ0) is 20.5. The van der Waals surface area contributed by atoms with Crippen LogP contribution in [0.3, 0.4) is 0 Å².